The molecule has 1 aromatic carbocycles. The second-order valence-electron chi connectivity index (χ2n) is 5.82. The van der Waals surface area contributed by atoms with E-state index in [0.717, 1.165) is 22.5 Å². The highest BCUT2D eigenvalue weighted by molar-refractivity contribution is 7.89. The Morgan fingerprint density at radius 1 is 1.12 bits per heavy atom. The van der Waals surface area contributed by atoms with Crippen molar-refractivity contribution in [2.75, 3.05) is 26.2 Å². The monoisotopic (exact) mass is 391 g/mol. The van der Waals surface area contributed by atoms with E-state index in [0.29, 0.717) is 25.4 Å². The number of nitrogens with one attached hydrogen (secondary N) is 1. The topological polar surface area (TPSA) is 86.6 Å². The molecule has 11 heteroatoms. The van der Waals surface area contributed by atoms with E-state index < -0.39 is 32.4 Å². The Morgan fingerprint density at radius 3 is 2.35 bits per heavy atom. The van der Waals surface area contributed by atoms with Crippen molar-refractivity contribution in [3.05, 3.63) is 52.3 Å². The van der Waals surface area contributed by atoms with Crippen LogP contribution in [0.2, 0.25) is 0 Å². The molecule has 0 amide bonds. The summed E-state index contributed by atoms with van der Waals surface area (Å²) in [5, 5.41) is 0. The number of nitrogens with zero attached hydrogens (tertiary/aromatic N) is 2. The van der Waals surface area contributed by atoms with Crippen molar-refractivity contribution in [3.63, 3.8) is 0 Å². The summed E-state index contributed by atoms with van der Waals surface area (Å²) in [4.78, 5) is 14.5. The zero-order valence-electron chi connectivity index (χ0n) is 13.5. The van der Waals surface area contributed by atoms with Crippen LogP contribution >= 0.6 is 0 Å². The van der Waals surface area contributed by atoms with Crippen molar-refractivity contribution in [1.82, 2.24) is 14.2 Å². The Morgan fingerprint density at radius 2 is 1.77 bits per heavy atom. The summed E-state index contributed by atoms with van der Waals surface area (Å²) in [6.07, 6.45) is -3.33. The molecule has 0 atom stereocenters. The number of rotatable bonds is 4. The first kappa shape index (κ1) is 18.7. The van der Waals surface area contributed by atoms with E-state index in [4.69, 9.17) is 4.42 Å². The number of hydrogen-bond donors (Lipinski definition) is 1. The van der Waals surface area contributed by atoms with Crippen molar-refractivity contribution >= 4 is 10.0 Å². The molecule has 0 unspecified atom stereocenters. The van der Waals surface area contributed by atoms with E-state index in [1.54, 1.807) is 0 Å². The van der Waals surface area contributed by atoms with Gasteiger partial charge in [0.15, 0.2) is 0 Å². The van der Waals surface area contributed by atoms with Crippen LogP contribution in [0.15, 0.2) is 44.6 Å². The van der Waals surface area contributed by atoms with E-state index in [1.807, 2.05) is 4.90 Å². The summed E-state index contributed by atoms with van der Waals surface area (Å²) >= 11 is 0. The molecular weight excluding hydrogens is 375 g/mol. The zero-order valence-corrected chi connectivity index (χ0v) is 14.3. The summed E-state index contributed by atoms with van der Waals surface area (Å²) in [6, 6.07) is 4.16. The molecule has 1 aliphatic heterocycles. The molecule has 7 nitrogen and oxygen atoms in total. The summed E-state index contributed by atoms with van der Waals surface area (Å²) < 4.78 is 70.6. The lowest BCUT2D eigenvalue weighted by molar-refractivity contribution is -0.139. The average molecular weight is 391 g/mol. The van der Waals surface area contributed by atoms with Crippen molar-refractivity contribution in [2.45, 2.75) is 17.6 Å². The van der Waals surface area contributed by atoms with Gasteiger partial charge in [0.05, 0.1) is 17.0 Å². The van der Waals surface area contributed by atoms with E-state index >= 15 is 0 Å². The van der Waals surface area contributed by atoms with Gasteiger partial charge in [-0.2, -0.15) is 17.5 Å². The van der Waals surface area contributed by atoms with Crippen molar-refractivity contribution in [1.29, 1.82) is 0 Å². The molecule has 2 heterocycles. The Hall–Kier alpha value is -2.11. The van der Waals surface area contributed by atoms with Gasteiger partial charge >= 0.3 is 11.9 Å². The maximum absolute atomic E-state index is 13.1. The van der Waals surface area contributed by atoms with Gasteiger partial charge in [-0.25, -0.2) is 13.2 Å². The fraction of sp³-hybridized carbons (Fsp3) is 0.400. The van der Waals surface area contributed by atoms with Crippen LogP contribution in [-0.4, -0.2) is 48.8 Å². The maximum Gasteiger partial charge on any atom is 0.417 e. The minimum atomic E-state index is -4.75. The Bertz CT molecular complexity index is 928. The van der Waals surface area contributed by atoms with Gasteiger partial charge < -0.3 is 4.42 Å². The molecule has 3 rings (SSSR count). The Labute approximate surface area is 147 Å². The van der Waals surface area contributed by atoms with Crippen molar-refractivity contribution < 1.29 is 26.0 Å². The van der Waals surface area contributed by atoms with Crippen LogP contribution in [-0.2, 0) is 22.7 Å². The molecule has 1 N–H and O–H groups in total. The predicted molar refractivity (Wildman–Crippen MR) is 84.8 cm³/mol. The zero-order chi connectivity index (χ0) is 18.9. The minimum absolute atomic E-state index is 0.0448. The second kappa shape index (κ2) is 6.89. The van der Waals surface area contributed by atoms with Gasteiger partial charge in [0.2, 0.25) is 10.0 Å². The number of H-pyrrole nitrogens is 1. The molecule has 1 aliphatic rings. The van der Waals surface area contributed by atoms with Gasteiger partial charge in [0, 0.05) is 32.4 Å². The smallest absolute Gasteiger partial charge is 0.412 e. The van der Waals surface area contributed by atoms with E-state index in [9.17, 15) is 26.4 Å². The van der Waals surface area contributed by atoms with Crippen LogP contribution in [0.5, 0.6) is 0 Å². The molecule has 0 aliphatic carbocycles. The van der Waals surface area contributed by atoms with Crippen LogP contribution < -0.4 is 5.76 Å². The summed E-state index contributed by atoms with van der Waals surface area (Å²) in [5.41, 5.74) is -1.17. The number of piperazine rings is 1. The highest BCUT2D eigenvalue weighted by Crippen LogP contribution is 2.35. The predicted octanol–water partition coefficient (Wildman–Crippen LogP) is 1.49. The van der Waals surface area contributed by atoms with Gasteiger partial charge in [-0.05, 0) is 12.1 Å². The third kappa shape index (κ3) is 3.84. The number of oxazole rings is 1. The average Bonchev–Trinajstić information content (AvgIpc) is 2.99. The SMILES string of the molecule is O=c1[nH]cc(CN2CCN(S(=O)(=O)c3ccccc3C(F)(F)F)CC2)o1. The lowest BCUT2D eigenvalue weighted by Crippen LogP contribution is -2.48. The number of halogens is 3. The van der Waals surface area contributed by atoms with Crippen molar-refractivity contribution in [3.8, 4) is 0 Å². The molecule has 0 radical (unpaired) electrons. The summed E-state index contributed by atoms with van der Waals surface area (Å²) in [5.74, 6) is -0.168. The fourth-order valence-corrected chi connectivity index (χ4v) is 4.44. The quantitative estimate of drug-likeness (QED) is 0.854. The van der Waals surface area contributed by atoms with Gasteiger partial charge in [0.1, 0.15) is 5.76 Å². The normalized spacial score (nSPS) is 17.5. The largest absolute Gasteiger partial charge is 0.417 e. The van der Waals surface area contributed by atoms with E-state index in [1.165, 1.54) is 12.3 Å². The van der Waals surface area contributed by atoms with Gasteiger partial charge in [-0.1, -0.05) is 12.1 Å². The Kier molecular flexibility index (Phi) is 4.95. The number of alkyl halides is 3. The second-order valence-corrected chi connectivity index (χ2v) is 7.73. The molecule has 26 heavy (non-hydrogen) atoms. The lowest BCUT2D eigenvalue weighted by Gasteiger charge is -2.33. The first-order valence-electron chi connectivity index (χ1n) is 7.74. The van der Waals surface area contributed by atoms with Crippen LogP contribution in [0.3, 0.4) is 0 Å². The van der Waals surface area contributed by atoms with Crippen LogP contribution in [0.25, 0.3) is 0 Å². The minimum Gasteiger partial charge on any atom is -0.412 e. The van der Waals surface area contributed by atoms with Crippen molar-refractivity contribution in [2.24, 2.45) is 0 Å². The molecule has 142 valence electrons. The molecule has 0 bridgehead atoms. The van der Waals surface area contributed by atoms with Crippen LogP contribution in [0, 0.1) is 0 Å². The standard InChI is InChI=1S/C15H16F3N3O4S/c16-15(17,18)12-3-1-2-4-13(12)26(23,24)21-7-5-20(6-8-21)10-11-9-19-14(22)25-11/h1-4,9H,5-8,10H2,(H,19,22). The highest BCUT2D eigenvalue weighted by Gasteiger charge is 2.39. The number of sulfonamides is 1. The van der Waals surface area contributed by atoms with Gasteiger partial charge in [0.25, 0.3) is 0 Å². The van der Waals surface area contributed by atoms with Gasteiger partial charge in [-0.3, -0.25) is 9.88 Å². The number of aromatic amines is 1. The number of benzene rings is 1. The summed E-state index contributed by atoms with van der Waals surface area (Å²) in [7, 11) is -4.26. The summed E-state index contributed by atoms with van der Waals surface area (Å²) in [6.45, 7) is 1.02. The Balaban J connectivity index is 1.74. The van der Waals surface area contributed by atoms with Crippen LogP contribution in [0.1, 0.15) is 11.3 Å². The van der Waals surface area contributed by atoms with Crippen LogP contribution in [0.4, 0.5) is 13.2 Å². The molecule has 0 saturated carbocycles. The third-order valence-corrected chi connectivity index (χ3v) is 6.05. The first-order valence-corrected chi connectivity index (χ1v) is 9.18. The van der Waals surface area contributed by atoms with E-state index in [2.05, 4.69) is 4.98 Å². The first-order chi connectivity index (χ1) is 12.2. The van der Waals surface area contributed by atoms with Gasteiger partial charge in [-0.15, -0.1) is 0 Å². The molecule has 0 spiro atoms. The molecule has 1 fully saturated rings. The molecule has 1 aromatic heterocycles. The number of hydrogen-bond acceptors (Lipinski definition) is 5. The fourth-order valence-electron chi connectivity index (χ4n) is 2.81. The molecule has 1 saturated heterocycles. The lowest BCUT2D eigenvalue weighted by atomic mass is 10.2. The number of aromatic nitrogens is 1. The highest BCUT2D eigenvalue weighted by atomic mass is 32.2. The maximum atomic E-state index is 13.1. The molecular formula is C15H16F3N3O4S. The molecule has 2 aromatic rings. The van der Waals surface area contributed by atoms with E-state index in [-0.39, 0.29) is 13.1 Å². The third-order valence-electron chi connectivity index (χ3n) is 4.10.